The van der Waals surface area contributed by atoms with Crippen molar-refractivity contribution in [2.45, 2.75) is 51.3 Å². The smallest absolute Gasteiger partial charge is 0.251 e. The van der Waals surface area contributed by atoms with Crippen LogP contribution in [0.5, 0.6) is 0 Å². The zero-order chi connectivity index (χ0) is 19.4. The number of aliphatic hydroxyl groups is 1. The number of nitrogens with zero attached hydrogens (tertiary/aromatic N) is 1. The van der Waals surface area contributed by atoms with E-state index < -0.39 is 5.60 Å². The summed E-state index contributed by atoms with van der Waals surface area (Å²) in [6, 6.07) is 16.5. The van der Waals surface area contributed by atoms with Crippen LogP contribution in [0.25, 0.3) is 0 Å². The Morgan fingerprint density at radius 1 is 1.19 bits per heavy atom. The minimum absolute atomic E-state index is 0.0348. The van der Waals surface area contributed by atoms with Gasteiger partial charge in [-0.2, -0.15) is 0 Å². The highest BCUT2D eigenvalue weighted by molar-refractivity contribution is 5.94. The Morgan fingerprint density at radius 3 is 2.67 bits per heavy atom. The van der Waals surface area contributed by atoms with Gasteiger partial charge in [-0.3, -0.25) is 9.69 Å². The van der Waals surface area contributed by atoms with Gasteiger partial charge in [0.25, 0.3) is 5.91 Å². The van der Waals surface area contributed by atoms with E-state index in [0.29, 0.717) is 24.6 Å². The quantitative estimate of drug-likeness (QED) is 0.826. The largest absolute Gasteiger partial charge is 0.390 e. The molecule has 1 aliphatic rings. The van der Waals surface area contributed by atoms with E-state index in [1.807, 2.05) is 38.1 Å². The SMILES string of the molecule is CN1Cc2ccccc2CC1CNC(=O)c1cccc(CCC(C)(C)O)c1. The van der Waals surface area contributed by atoms with Crippen LogP contribution in [0.4, 0.5) is 0 Å². The Bertz CT molecular complexity index is 795. The first-order valence-corrected chi connectivity index (χ1v) is 9.68. The molecule has 4 heteroatoms. The number of hydrogen-bond donors (Lipinski definition) is 2. The van der Waals surface area contributed by atoms with E-state index in [-0.39, 0.29) is 5.91 Å². The number of amides is 1. The van der Waals surface area contributed by atoms with E-state index in [2.05, 4.69) is 41.5 Å². The van der Waals surface area contributed by atoms with Gasteiger partial charge in [0.05, 0.1) is 5.60 Å². The fourth-order valence-electron chi connectivity index (χ4n) is 3.58. The average Bonchev–Trinajstić information content (AvgIpc) is 2.64. The third-order valence-corrected chi connectivity index (χ3v) is 5.33. The minimum Gasteiger partial charge on any atom is -0.390 e. The van der Waals surface area contributed by atoms with Crippen molar-refractivity contribution in [3.05, 3.63) is 70.8 Å². The van der Waals surface area contributed by atoms with E-state index in [0.717, 1.165) is 24.9 Å². The molecule has 0 saturated carbocycles. The molecule has 2 aromatic rings. The lowest BCUT2D eigenvalue weighted by Crippen LogP contribution is -2.45. The fourth-order valence-corrected chi connectivity index (χ4v) is 3.58. The van der Waals surface area contributed by atoms with Crippen LogP contribution in [-0.4, -0.2) is 41.1 Å². The summed E-state index contributed by atoms with van der Waals surface area (Å²) in [4.78, 5) is 14.9. The average molecular weight is 367 g/mol. The molecule has 2 N–H and O–H groups in total. The van der Waals surface area contributed by atoms with Crippen LogP contribution in [0.1, 0.15) is 47.3 Å². The van der Waals surface area contributed by atoms with E-state index in [9.17, 15) is 9.90 Å². The summed E-state index contributed by atoms with van der Waals surface area (Å²) in [6.45, 7) is 5.17. The Morgan fingerprint density at radius 2 is 1.93 bits per heavy atom. The maximum absolute atomic E-state index is 12.6. The molecule has 0 radical (unpaired) electrons. The minimum atomic E-state index is -0.694. The molecule has 3 rings (SSSR count). The van der Waals surface area contributed by atoms with Crippen LogP contribution in [0.3, 0.4) is 0 Å². The molecule has 144 valence electrons. The van der Waals surface area contributed by atoms with E-state index in [4.69, 9.17) is 0 Å². The van der Waals surface area contributed by atoms with Crippen LogP contribution < -0.4 is 5.32 Å². The second-order valence-electron chi connectivity index (χ2n) is 8.26. The molecule has 1 aliphatic heterocycles. The normalized spacial score (nSPS) is 17.4. The number of fused-ring (bicyclic) bond motifs is 1. The zero-order valence-electron chi connectivity index (χ0n) is 16.5. The lowest BCUT2D eigenvalue weighted by atomic mass is 9.94. The Labute approximate surface area is 162 Å². The van der Waals surface area contributed by atoms with Crippen molar-refractivity contribution in [2.24, 2.45) is 0 Å². The molecule has 0 aromatic heterocycles. The number of nitrogens with one attached hydrogen (secondary N) is 1. The van der Waals surface area contributed by atoms with Gasteiger partial charge in [0, 0.05) is 24.7 Å². The second kappa shape index (κ2) is 8.24. The molecule has 0 bridgehead atoms. The summed E-state index contributed by atoms with van der Waals surface area (Å²) in [5.41, 5.74) is 3.82. The van der Waals surface area contributed by atoms with Crippen LogP contribution in [0, 0.1) is 0 Å². The number of aryl methyl sites for hydroxylation is 1. The maximum atomic E-state index is 12.6. The van der Waals surface area contributed by atoms with Crippen molar-refractivity contribution in [3.8, 4) is 0 Å². The van der Waals surface area contributed by atoms with Crippen molar-refractivity contribution >= 4 is 5.91 Å². The predicted molar refractivity (Wildman–Crippen MR) is 109 cm³/mol. The third-order valence-electron chi connectivity index (χ3n) is 5.33. The molecule has 1 atom stereocenters. The van der Waals surface area contributed by atoms with Gasteiger partial charge in [0.15, 0.2) is 0 Å². The number of carbonyl (C=O) groups excluding carboxylic acids is 1. The number of hydrogen-bond acceptors (Lipinski definition) is 3. The van der Waals surface area contributed by atoms with Gasteiger partial charge in [-0.05, 0) is 69.0 Å². The molecule has 4 nitrogen and oxygen atoms in total. The fraction of sp³-hybridized carbons (Fsp3) is 0.435. The molecule has 0 spiro atoms. The third kappa shape index (κ3) is 5.41. The summed E-state index contributed by atoms with van der Waals surface area (Å²) < 4.78 is 0. The molecule has 2 aromatic carbocycles. The van der Waals surface area contributed by atoms with E-state index in [1.165, 1.54) is 11.1 Å². The van der Waals surface area contributed by atoms with Crippen molar-refractivity contribution in [3.63, 3.8) is 0 Å². The van der Waals surface area contributed by atoms with Gasteiger partial charge in [0.2, 0.25) is 0 Å². The maximum Gasteiger partial charge on any atom is 0.251 e. The lowest BCUT2D eigenvalue weighted by Gasteiger charge is -2.34. The molecule has 0 fully saturated rings. The van der Waals surface area contributed by atoms with E-state index in [1.54, 1.807) is 0 Å². The Hall–Kier alpha value is -2.17. The van der Waals surface area contributed by atoms with Gasteiger partial charge < -0.3 is 10.4 Å². The summed E-state index contributed by atoms with van der Waals surface area (Å²) in [5, 5.41) is 13.0. The standard InChI is InChI=1S/C23H30N2O2/c1-23(2,27)12-11-17-7-6-10-19(13-17)22(26)24-15-21-14-18-8-4-5-9-20(18)16-25(21)3/h4-10,13,21,27H,11-12,14-16H2,1-3H3,(H,24,26). The van der Waals surface area contributed by atoms with Crippen LogP contribution in [0.2, 0.25) is 0 Å². The van der Waals surface area contributed by atoms with Gasteiger partial charge >= 0.3 is 0 Å². The van der Waals surface area contributed by atoms with Crippen molar-refractivity contribution < 1.29 is 9.90 Å². The lowest BCUT2D eigenvalue weighted by molar-refractivity contribution is 0.0714. The molecule has 1 unspecified atom stereocenters. The van der Waals surface area contributed by atoms with Crippen LogP contribution in [0.15, 0.2) is 48.5 Å². The summed E-state index contributed by atoms with van der Waals surface area (Å²) in [6.07, 6.45) is 2.38. The highest BCUT2D eigenvalue weighted by atomic mass is 16.3. The van der Waals surface area contributed by atoms with Gasteiger partial charge in [-0.1, -0.05) is 36.4 Å². The molecular weight excluding hydrogens is 336 g/mol. The first-order chi connectivity index (χ1) is 12.8. The number of carbonyl (C=O) groups is 1. The summed E-state index contributed by atoms with van der Waals surface area (Å²) in [5.74, 6) is -0.0348. The Kier molecular flexibility index (Phi) is 5.98. The first-order valence-electron chi connectivity index (χ1n) is 9.68. The Balaban J connectivity index is 1.58. The van der Waals surface area contributed by atoms with Gasteiger partial charge in [-0.15, -0.1) is 0 Å². The molecule has 1 heterocycles. The predicted octanol–water partition coefficient (Wildman–Crippen LogP) is 3.18. The molecule has 27 heavy (non-hydrogen) atoms. The molecule has 0 saturated heterocycles. The topological polar surface area (TPSA) is 52.6 Å². The van der Waals surface area contributed by atoms with Crippen molar-refractivity contribution in [1.82, 2.24) is 10.2 Å². The van der Waals surface area contributed by atoms with Gasteiger partial charge in [0.1, 0.15) is 0 Å². The number of benzene rings is 2. The van der Waals surface area contributed by atoms with Crippen molar-refractivity contribution in [1.29, 1.82) is 0 Å². The molecule has 0 aliphatic carbocycles. The zero-order valence-corrected chi connectivity index (χ0v) is 16.5. The molecular formula is C23H30N2O2. The van der Waals surface area contributed by atoms with Crippen molar-refractivity contribution in [2.75, 3.05) is 13.6 Å². The van der Waals surface area contributed by atoms with E-state index >= 15 is 0 Å². The first kappa shape index (κ1) is 19.6. The monoisotopic (exact) mass is 366 g/mol. The van der Waals surface area contributed by atoms with Crippen LogP contribution in [-0.2, 0) is 19.4 Å². The highest BCUT2D eigenvalue weighted by Crippen LogP contribution is 2.21. The number of likely N-dealkylation sites (N-methyl/N-ethyl adjacent to an activating group) is 1. The van der Waals surface area contributed by atoms with Crippen LogP contribution >= 0.6 is 0 Å². The summed E-state index contributed by atoms with van der Waals surface area (Å²) in [7, 11) is 2.12. The van der Waals surface area contributed by atoms with Gasteiger partial charge in [-0.25, -0.2) is 0 Å². The highest BCUT2D eigenvalue weighted by Gasteiger charge is 2.23. The molecule has 1 amide bonds. The summed E-state index contributed by atoms with van der Waals surface area (Å²) >= 11 is 0. The second-order valence-corrected chi connectivity index (χ2v) is 8.26. The number of rotatable bonds is 6.